The maximum atomic E-state index is 12.5. The van der Waals surface area contributed by atoms with Gasteiger partial charge in [0.25, 0.3) is 5.91 Å². The molecule has 0 unspecified atom stereocenters. The number of ether oxygens (including phenoxy) is 1. The number of amides is 1. The molecule has 1 amide bonds. The van der Waals surface area contributed by atoms with Crippen molar-refractivity contribution >= 4 is 23.0 Å². The predicted octanol–water partition coefficient (Wildman–Crippen LogP) is 3.41. The van der Waals surface area contributed by atoms with E-state index in [1.165, 1.54) is 12.3 Å². The number of fused-ring (bicyclic) bond motifs is 1. The number of benzene rings is 2. The zero-order valence-electron chi connectivity index (χ0n) is 14.6. The van der Waals surface area contributed by atoms with E-state index in [4.69, 9.17) is 4.74 Å². The van der Waals surface area contributed by atoms with Gasteiger partial charge in [-0.15, -0.1) is 0 Å². The second-order valence-electron chi connectivity index (χ2n) is 5.69. The smallest absolute Gasteiger partial charge is 0.272 e. The molecular weight excluding hydrogens is 330 g/mol. The Morgan fingerprint density at radius 3 is 2.85 bits per heavy atom. The van der Waals surface area contributed by atoms with Gasteiger partial charge in [-0.2, -0.15) is 5.10 Å². The summed E-state index contributed by atoms with van der Waals surface area (Å²) in [7, 11) is 0. The summed E-state index contributed by atoms with van der Waals surface area (Å²) in [5, 5.41) is 14.6. The van der Waals surface area contributed by atoms with E-state index in [0.717, 1.165) is 16.6 Å². The largest absolute Gasteiger partial charge is 0.504 e. The van der Waals surface area contributed by atoms with Gasteiger partial charge in [-0.25, -0.2) is 5.43 Å². The zero-order valence-corrected chi connectivity index (χ0v) is 14.6. The number of aryl methyl sites for hydroxylation is 1. The Hall–Kier alpha value is -3.41. The minimum atomic E-state index is -0.321. The molecule has 0 radical (unpaired) electrons. The lowest BCUT2D eigenvalue weighted by Crippen LogP contribution is -2.18. The summed E-state index contributed by atoms with van der Waals surface area (Å²) >= 11 is 0. The van der Waals surface area contributed by atoms with Crippen LogP contribution in [-0.4, -0.2) is 28.8 Å². The van der Waals surface area contributed by atoms with E-state index in [-0.39, 0.29) is 11.7 Å². The van der Waals surface area contributed by atoms with Crippen LogP contribution in [0.1, 0.15) is 28.5 Å². The fourth-order valence-electron chi connectivity index (χ4n) is 2.61. The first kappa shape index (κ1) is 17.4. The number of aromatic nitrogens is 1. The van der Waals surface area contributed by atoms with Crippen molar-refractivity contribution in [2.75, 3.05) is 6.61 Å². The molecule has 0 atom stereocenters. The van der Waals surface area contributed by atoms with Gasteiger partial charge in [-0.1, -0.05) is 18.2 Å². The average Bonchev–Trinajstić information content (AvgIpc) is 2.63. The molecule has 26 heavy (non-hydrogen) atoms. The van der Waals surface area contributed by atoms with Crippen molar-refractivity contribution in [3.63, 3.8) is 0 Å². The molecule has 2 aromatic carbocycles. The van der Waals surface area contributed by atoms with Crippen LogP contribution < -0.4 is 10.2 Å². The molecule has 0 fully saturated rings. The summed E-state index contributed by atoms with van der Waals surface area (Å²) in [5.41, 5.74) is 5.19. The first-order valence-corrected chi connectivity index (χ1v) is 8.24. The standard InChI is InChI=1S/C20H19N3O3/c1-3-26-19-9-8-14(11-18(19)24)12-21-23-20(25)16-10-13(2)22-17-7-5-4-6-15(16)17/h4-12,24H,3H2,1-2H3,(H,23,25). The van der Waals surface area contributed by atoms with E-state index in [0.29, 0.717) is 23.5 Å². The molecule has 0 saturated carbocycles. The number of phenols is 1. The second-order valence-corrected chi connectivity index (χ2v) is 5.69. The van der Waals surface area contributed by atoms with Crippen molar-refractivity contribution in [3.05, 3.63) is 65.4 Å². The first-order valence-electron chi connectivity index (χ1n) is 8.24. The summed E-state index contributed by atoms with van der Waals surface area (Å²) in [6, 6.07) is 14.1. The number of nitrogens with zero attached hydrogens (tertiary/aromatic N) is 2. The number of pyridine rings is 1. The molecule has 132 valence electrons. The molecule has 6 heteroatoms. The minimum Gasteiger partial charge on any atom is -0.504 e. The fraction of sp³-hybridized carbons (Fsp3) is 0.150. The van der Waals surface area contributed by atoms with Crippen LogP contribution in [0, 0.1) is 6.92 Å². The number of phenolic OH excluding ortho intramolecular Hbond substituents is 1. The van der Waals surface area contributed by atoms with Crippen LogP contribution in [0.15, 0.2) is 53.6 Å². The van der Waals surface area contributed by atoms with E-state index in [9.17, 15) is 9.90 Å². The molecule has 0 aliphatic carbocycles. The lowest BCUT2D eigenvalue weighted by atomic mass is 10.1. The van der Waals surface area contributed by atoms with Crippen molar-refractivity contribution in [1.29, 1.82) is 0 Å². The average molecular weight is 349 g/mol. The first-order chi connectivity index (χ1) is 12.6. The fourth-order valence-corrected chi connectivity index (χ4v) is 2.61. The predicted molar refractivity (Wildman–Crippen MR) is 101 cm³/mol. The van der Waals surface area contributed by atoms with Crippen molar-refractivity contribution < 1.29 is 14.6 Å². The third-order valence-corrected chi connectivity index (χ3v) is 3.75. The number of nitrogens with one attached hydrogen (secondary N) is 1. The number of carbonyl (C=O) groups excluding carboxylic acids is 1. The molecule has 0 bridgehead atoms. The number of rotatable bonds is 5. The van der Waals surface area contributed by atoms with Crippen LogP contribution in [0.2, 0.25) is 0 Å². The Balaban J connectivity index is 1.77. The van der Waals surface area contributed by atoms with Gasteiger partial charge in [-0.05, 0) is 49.7 Å². The highest BCUT2D eigenvalue weighted by Gasteiger charge is 2.11. The zero-order chi connectivity index (χ0) is 18.5. The third-order valence-electron chi connectivity index (χ3n) is 3.75. The number of carbonyl (C=O) groups is 1. The quantitative estimate of drug-likeness (QED) is 0.546. The molecule has 3 rings (SSSR count). The van der Waals surface area contributed by atoms with Crippen LogP contribution in [-0.2, 0) is 0 Å². The van der Waals surface area contributed by atoms with E-state index in [2.05, 4.69) is 15.5 Å². The molecule has 0 aliphatic heterocycles. The second kappa shape index (κ2) is 7.65. The van der Waals surface area contributed by atoms with Gasteiger partial charge in [0.1, 0.15) is 0 Å². The number of aromatic hydroxyl groups is 1. The monoisotopic (exact) mass is 349 g/mol. The topological polar surface area (TPSA) is 83.8 Å². The van der Waals surface area contributed by atoms with Crippen LogP contribution in [0.5, 0.6) is 11.5 Å². The van der Waals surface area contributed by atoms with Gasteiger partial charge >= 0.3 is 0 Å². The maximum absolute atomic E-state index is 12.5. The summed E-state index contributed by atoms with van der Waals surface area (Å²) in [4.78, 5) is 16.9. The molecule has 0 spiro atoms. The Labute approximate surface area is 151 Å². The molecule has 2 N–H and O–H groups in total. The Kier molecular flexibility index (Phi) is 5.12. The van der Waals surface area contributed by atoms with Crippen LogP contribution in [0.3, 0.4) is 0 Å². The van der Waals surface area contributed by atoms with Gasteiger partial charge in [0.2, 0.25) is 0 Å². The van der Waals surface area contributed by atoms with Crippen molar-refractivity contribution in [2.24, 2.45) is 5.10 Å². The number of para-hydroxylation sites is 1. The van der Waals surface area contributed by atoms with E-state index < -0.39 is 0 Å². The Morgan fingerprint density at radius 1 is 1.27 bits per heavy atom. The number of hydrogen-bond donors (Lipinski definition) is 2. The molecular formula is C20H19N3O3. The molecule has 1 heterocycles. The lowest BCUT2D eigenvalue weighted by molar-refractivity contribution is 0.0956. The van der Waals surface area contributed by atoms with Gasteiger partial charge in [-0.3, -0.25) is 9.78 Å². The highest BCUT2D eigenvalue weighted by Crippen LogP contribution is 2.26. The van der Waals surface area contributed by atoms with Gasteiger partial charge in [0, 0.05) is 11.1 Å². The summed E-state index contributed by atoms with van der Waals surface area (Å²) in [6.07, 6.45) is 1.46. The van der Waals surface area contributed by atoms with Crippen LogP contribution >= 0.6 is 0 Å². The normalized spacial score (nSPS) is 11.0. The Bertz CT molecular complexity index is 983. The molecule has 1 aromatic heterocycles. The molecule has 6 nitrogen and oxygen atoms in total. The van der Waals surface area contributed by atoms with Gasteiger partial charge in [0.15, 0.2) is 11.5 Å². The van der Waals surface area contributed by atoms with E-state index >= 15 is 0 Å². The van der Waals surface area contributed by atoms with Crippen molar-refractivity contribution in [1.82, 2.24) is 10.4 Å². The summed E-state index contributed by atoms with van der Waals surface area (Å²) in [6.45, 7) is 4.15. The van der Waals surface area contributed by atoms with Crippen LogP contribution in [0.25, 0.3) is 10.9 Å². The lowest BCUT2D eigenvalue weighted by Gasteiger charge is -2.07. The SMILES string of the molecule is CCOc1ccc(C=NNC(=O)c2cc(C)nc3ccccc23)cc1O. The van der Waals surface area contributed by atoms with Crippen molar-refractivity contribution in [3.8, 4) is 11.5 Å². The maximum Gasteiger partial charge on any atom is 0.272 e. The van der Waals surface area contributed by atoms with Gasteiger partial charge < -0.3 is 9.84 Å². The van der Waals surface area contributed by atoms with Crippen LogP contribution in [0.4, 0.5) is 0 Å². The minimum absolute atomic E-state index is 0.0258. The highest BCUT2D eigenvalue weighted by molar-refractivity contribution is 6.06. The molecule has 0 saturated heterocycles. The van der Waals surface area contributed by atoms with Gasteiger partial charge in [0.05, 0.1) is 23.9 Å². The summed E-state index contributed by atoms with van der Waals surface area (Å²) < 4.78 is 5.27. The number of hydrogen-bond acceptors (Lipinski definition) is 5. The number of hydrazone groups is 1. The molecule has 0 aliphatic rings. The molecule has 3 aromatic rings. The highest BCUT2D eigenvalue weighted by atomic mass is 16.5. The van der Waals surface area contributed by atoms with Crippen molar-refractivity contribution in [2.45, 2.75) is 13.8 Å². The van der Waals surface area contributed by atoms with E-state index in [1.54, 1.807) is 18.2 Å². The van der Waals surface area contributed by atoms with E-state index in [1.807, 2.05) is 38.1 Å². The summed E-state index contributed by atoms with van der Waals surface area (Å²) in [5.74, 6) is 0.114. The Morgan fingerprint density at radius 2 is 2.08 bits per heavy atom. The third kappa shape index (κ3) is 3.80.